The molecule has 0 saturated carbocycles. The van der Waals surface area contributed by atoms with Crippen molar-refractivity contribution in [2.75, 3.05) is 13.1 Å². The van der Waals surface area contributed by atoms with Gasteiger partial charge in [0.25, 0.3) is 0 Å². The summed E-state index contributed by atoms with van der Waals surface area (Å²) in [7, 11) is 0. The number of piperidine rings is 1. The van der Waals surface area contributed by atoms with Crippen LogP contribution in [0.25, 0.3) is 0 Å². The zero-order chi connectivity index (χ0) is 13.8. The Morgan fingerprint density at radius 3 is 2.84 bits per heavy atom. The molecule has 1 saturated heterocycles. The molecule has 1 fully saturated rings. The summed E-state index contributed by atoms with van der Waals surface area (Å²) in [6.07, 6.45) is 4.05. The van der Waals surface area contributed by atoms with Crippen LogP contribution in [0.3, 0.4) is 0 Å². The summed E-state index contributed by atoms with van der Waals surface area (Å²) >= 11 is 12.0. The van der Waals surface area contributed by atoms with E-state index in [9.17, 15) is 5.11 Å². The number of likely N-dealkylation sites (tertiary alicyclic amines) is 1. The molecule has 1 aliphatic heterocycles. The maximum atomic E-state index is 10.3. The van der Waals surface area contributed by atoms with Gasteiger partial charge in [0, 0.05) is 22.6 Å². The van der Waals surface area contributed by atoms with Crippen molar-refractivity contribution < 1.29 is 5.11 Å². The molecule has 2 atom stereocenters. The topological polar surface area (TPSA) is 23.5 Å². The SMILES string of the molecule is CC1CCCCN1CCC(O)c1ccc(Cl)cc1Cl. The van der Waals surface area contributed by atoms with E-state index in [1.807, 2.05) is 6.07 Å². The first kappa shape index (κ1) is 15.1. The quantitative estimate of drug-likeness (QED) is 0.897. The largest absolute Gasteiger partial charge is 0.388 e. The predicted molar refractivity (Wildman–Crippen MR) is 80.9 cm³/mol. The number of hydrogen-bond donors (Lipinski definition) is 1. The van der Waals surface area contributed by atoms with E-state index in [0.29, 0.717) is 22.5 Å². The Morgan fingerprint density at radius 2 is 2.16 bits per heavy atom. The first-order chi connectivity index (χ1) is 9.08. The molecule has 1 aromatic rings. The van der Waals surface area contributed by atoms with Gasteiger partial charge >= 0.3 is 0 Å². The lowest BCUT2D eigenvalue weighted by Crippen LogP contribution is -2.38. The number of halogens is 2. The van der Waals surface area contributed by atoms with E-state index in [0.717, 1.165) is 18.7 Å². The summed E-state index contributed by atoms with van der Waals surface area (Å²) in [5.74, 6) is 0. The highest BCUT2D eigenvalue weighted by Gasteiger charge is 2.20. The zero-order valence-electron chi connectivity index (χ0n) is 11.3. The fourth-order valence-electron chi connectivity index (χ4n) is 2.71. The van der Waals surface area contributed by atoms with Crippen LogP contribution in [0, 0.1) is 0 Å². The monoisotopic (exact) mass is 301 g/mol. The fourth-order valence-corrected chi connectivity index (χ4v) is 3.24. The number of rotatable bonds is 4. The van der Waals surface area contributed by atoms with Gasteiger partial charge in [-0.15, -0.1) is 0 Å². The van der Waals surface area contributed by atoms with Crippen LogP contribution < -0.4 is 0 Å². The van der Waals surface area contributed by atoms with E-state index in [1.165, 1.54) is 19.3 Å². The molecule has 1 N–H and O–H groups in total. The highest BCUT2D eigenvalue weighted by Crippen LogP contribution is 2.28. The number of nitrogens with zero attached hydrogens (tertiary/aromatic N) is 1. The van der Waals surface area contributed by atoms with E-state index in [1.54, 1.807) is 12.1 Å². The summed E-state index contributed by atoms with van der Waals surface area (Å²) in [4.78, 5) is 2.45. The lowest BCUT2D eigenvalue weighted by molar-refractivity contribution is 0.109. The Morgan fingerprint density at radius 1 is 1.37 bits per heavy atom. The second kappa shape index (κ2) is 6.94. The molecule has 0 amide bonds. The van der Waals surface area contributed by atoms with Crippen molar-refractivity contribution >= 4 is 23.2 Å². The minimum atomic E-state index is -0.515. The highest BCUT2D eigenvalue weighted by atomic mass is 35.5. The molecule has 19 heavy (non-hydrogen) atoms. The molecule has 0 bridgehead atoms. The standard InChI is InChI=1S/C15H21Cl2NO/c1-11-4-2-3-8-18(11)9-7-15(19)13-6-5-12(16)10-14(13)17/h5-6,10-11,15,19H,2-4,7-9H2,1H3. The van der Waals surface area contributed by atoms with Gasteiger partial charge in [0.1, 0.15) is 0 Å². The van der Waals surface area contributed by atoms with Crippen molar-refractivity contribution in [1.29, 1.82) is 0 Å². The van der Waals surface area contributed by atoms with E-state index in [2.05, 4.69) is 11.8 Å². The zero-order valence-corrected chi connectivity index (χ0v) is 12.8. The van der Waals surface area contributed by atoms with Crippen LogP contribution in [-0.4, -0.2) is 29.1 Å². The minimum absolute atomic E-state index is 0.515. The molecule has 2 rings (SSSR count). The Labute approximate surface area is 125 Å². The van der Waals surface area contributed by atoms with Gasteiger partial charge in [-0.25, -0.2) is 0 Å². The molecule has 0 radical (unpaired) electrons. The van der Waals surface area contributed by atoms with Gasteiger partial charge in [-0.05, 0) is 50.4 Å². The van der Waals surface area contributed by atoms with Crippen LogP contribution in [0.5, 0.6) is 0 Å². The van der Waals surface area contributed by atoms with Gasteiger partial charge in [-0.3, -0.25) is 0 Å². The molecular weight excluding hydrogens is 281 g/mol. The first-order valence-corrected chi connectivity index (χ1v) is 7.70. The smallest absolute Gasteiger partial charge is 0.0816 e. The molecule has 0 aliphatic carbocycles. The van der Waals surface area contributed by atoms with Crippen molar-refractivity contribution in [2.24, 2.45) is 0 Å². The van der Waals surface area contributed by atoms with E-state index < -0.39 is 6.10 Å². The van der Waals surface area contributed by atoms with E-state index >= 15 is 0 Å². The molecule has 4 heteroatoms. The Kier molecular flexibility index (Phi) is 5.52. The second-order valence-electron chi connectivity index (χ2n) is 5.35. The summed E-state index contributed by atoms with van der Waals surface area (Å²) < 4.78 is 0. The maximum Gasteiger partial charge on any atom is 0.0816 e. The third kappa shape index (κ3) is 4.09. The third-order valence-electron chi connectivity index (χ3n) is 3.95. The average molecular weight is 302 g/mol. The molecule has 1 heterocycles. The van der Waals surface area contributed by atoms with Gasteiger partial charge in [0.15, 0.2) is 0 Å². The molecule has 2 unspecified atom stereocenters. The number of aliphatic hydroxyl groups is 1. The summed E-state index contributed by atoms with van der Waals surface area (Å²) in [5.41, 5.74) is 0.774. The van der Waals surface area contributed by atoms with E-state index in [-0.39, 0.29) is 0 Å². The van der Waals surface area contributed by atoms with Crippen LogP contribution in [0.1, 0.15) is 44.3 Å². The molecular formula is C15H21Cl2NO. The van der Waals surface area contributed by atoms with Crippen molar-refractivity contribution in [2.45, 2.75) is 44.8 Å². The molecule has 0 spiro atoms. The lowest BCUT2D eigenvalue weighted by atomic mass is 10.0. The highest BCUT2D eigenvalue weighted by molar-refractivity contribution is 6.35. The van der Waals surface area contributed by atoms with Crippen LogP contribution in [0.2, 0.25) is 10.0 Å². The Hall–Kier alpha value is -0.280. The first-order valence-electron chi connectivity index (χ1n) is 6.95. The summed E-state index contributed by atoms with van der Waals surface area (Å²) in [6, 6.07) is 5.90. The van der Waals surface area contributed by atoms with Gasteiger partial charge < -0.3 is 10.0 Å². The second-order valence-corrected chi connectivity index (χ2v) is 6.19. The van der Waals surface area contributed by atoms with Gasteiger partial charge in [-0.2, -0.15) is 0 Å². The van der Waals surface area contributed by atoms with Gasteiger partial charge in [0.2, 0.25) is 0 Å². The number of hydrogen-bond acceptors (Lipinski definition) is 2. The Bertz CT molecular complexity index is 425. The van der Waals surface area contributed by atoms with Crippen molar-refractivity contribution in [3.05, 3.63) is 33.8 Å². The normalized spacial score (nSPS) is 22.4. The molecule has 1 aliphatic rings. The van der Waals surface area contributed by atoms with Gasteiger partial charge in [0.05, 0.1) is 6.10 Å². The van der Waals surface area contributed by atoms with Crippen LogP contribution in [-0.2, 0) is 0 Å². The lowest BCUT2D eigenvalue weighted by Gasteiger charge is -2.33. The molecule has 2 nitrogen and oxygen atoms in total. The maximum absolute atomic E-state index is 10.3. The van der Waals surface area contributed by atoms with Crippen molar-refractivity contribution in [3.8, 4) is 0 Å². The number of benzene rings is 1. The molecule has 106 valence electrons. The summed E-state index contributed by atoms with van der Waals surface area (Å²) in [6.45, 7) is 4.32. The summed E-state index contributed by atoms with van der Waals surface area (Å²) in [5, 5.41) is 11.4. The van der Waals surface area contributed by atoms with Crippen LogP contribution in [0.4, 0.5) is 0 Å². The average Bonchev–Trinajstić information content (AvgIpc) is 2.37. The van der Waals surface area contributed by atoms with Crippen molar-refractivity contribution in [1.82, 2.24) is 4.90 Å². The Balaban J connectivity index is 1.91. The van der Waals surface area contributed by atoms with Gasteiger partial charge in [-0.1, -0.05) is 35.7 Å². The number of aliphatic hydroxyl groups excluding tert-OH is 1. The predicted octanol–water partition coefficient (Wildman–Crippen LogP) is 4.29. The molecule has 1 aromatic carbocycles. The van der Waals surface area contributed by atoms with E-state index in [4.69, 9.17) is 23.2 Å². The van der Waals surface area contributed by atoms with Crippen molar-refractivity contribution in [3.63, 3.8) is 0 Å². The fraction of sp³-hybridized carbons (Fsp3) is 0.600. The molecule has 0 aromatic heterocycles. The van der Waals surface area contributed by atoms with Crippen LogP contribution >= 0.6 is 23.2 Å². The van der Waals surface area contributed by atoms with Crippen LogP contribution in [0.15, 0.2) is 18.2 Å². The minimum Gasteiger partial charge on any atom is -0.388 e. The third-order valence-corrected chi connectivity index (χ3v) is 4.51.